The molecule has 39 heavy (non-hydrogen) atoms. The molecule has 0 aromatic heterocycles. The highest BCUT2D eigenvalue weighted by Gasteiger charge is 2.33. The van der Waals surface area contributed by atoms with Crippen LogP contribution in [0.15, 0.2) is 78.9 Å². The summed E-state index contributed by atoms with van der Waals surface area (Å²) in [4.78, 5) is 28.1. The SMILES string of the molecule is CCC(CCCN1CCC(NC(=O)c2ccccc2-c2cccc(C)c2)CC1)(CC(=O)OC)c1ccccc1. The summed E-state index contributed by atoms with van der Waals surface area (Å²) in [7, 11) is 1.47. The summed E-state index contributed by atoms with van der Waals surface area (Å²) < 4.78 is 5.05. The molecule has 0 aliphatic carbocycles. The number of likely N-dealkylation sites (tertiary alicyclic amines) is 1. The second-order valence-corrected chi connectivity index (χ2v) is 10.9. The lowest BCUT2D eigenvalue weighted by molar-refractivity contribution is -0.142. The van der Waals surface area contributed by atoms with Gasteiger partial charge in [-0.1, -0.05) is 85.3 Å². The Morgan fingerprint density at radius 2 is 1.69 bits per heavy atom. The van der Waals surface area contributed by atoms with E-state index in [-0.39, 0.29) is 23.3 Å². The molecule has 1 N–H and O–H groups in total. The number of carbonyl (C=O) groups is 2. The van der Waals surface area contributed by atoms with Gasteiger partial charge in [0.25, 0.3) is 5.91 Å². The zero-order valence-electron chi connectivity index (χ0n) is 23.6. The zero-order valence-corrected chi connectivity index (χ0v) is 23.6. The maximum atomic E-state index is 13.3. The van der Waals surface area contributed by atoms with Crippen LogP contribution in [0.4, 0.5) is 0 Å². The van der Waals surface area contributed by atoms with Crippen molar-refractivity contribution >= 4 is 11.9 Å². The quantitative estimate of drug-likeness (QED) is 0.288. The summed E-state index contributed by atoms with van der Waals surface area (Å²) in [5, 5.41) is 3.30. The molecule has 1 unspecified atom stereocenters. The molecule has 0 spiro atoms. The summed E-state index contributed by atoms with van der Waals surface area (Å²) in [5.74, 6) is -0.148. The van der Waals surface area contributed by atoms with Crippen LogP contribution in [0.2, 0.25) is 0 Å². The minimum Gasteiger partial charge on any atom is -0.469 e. The maximum absolute atomic E-state index is 13.3. The first-order chi connectivity index (χ1) is 18.9. The molecule has 0 bridgehead atoms. The van der Waals surface area contributed by atoms with Gasteiger partial charge in [0.1, 0.15) is 0 Å². The van der Waals surface area contributed by atoms with Crippen LogP contribution in [-0.4, -0.2) is 49.6 Å². The first-order valence-electron chi connectivity index (χ1n) is 14.3. The number of ether oxygens (including phenoxy) is 1. The first-order valence-corrected chi connectivity index (χ1v) is 14.3. The van der Waals surface area contributed by atoms with E-state index in [0.29, 0.717) is 6.42 Å². The van der Waals surface area contributed by atoms with Crippen LogP contribution in [0.3, 0.4) is 0 Å². The van der Waals surface area contributed by atoms with Crippen molar-refractivity contribution in [2.24, 2.45) is 0 Å². The van der Waals surface area contributed by atoms with Crippen molar-refractivity contribution < 1.29 is 14.3 Å². The fourth-order valence-corrected chi connectivity index (χ4v) is 5.93. The van der Waals surface area contributed by atoms with E-state index in [9.17, 15) is 9.59 Å². The molecule has 206 valence electrons. The highest BCUT2D eigenvalue weighted by molar-refractivity contribution is 6.01. The number of hydrogen-bond acceptors (Lipinski definition) is 4. The second-order valence-electron chi connectivity index (χ2n) is 10.9. The van der Waals surface area contributed by atoms with Crippen molar-refractivity contribution in [3.05, 3.63) is 95.6 Å². The lowest BCUT2D eigenvalue weighted by atomic mass is 9.72. The Bertz CT molecular complexity index is 1230. The number of esters is 1. The molecule has 1 amide bonds. The number of nitrogens with zero attached hydrogens (tertiary/aromatic N) is 1. The molecular formula is C34H42N2O3. The van der Waals surface area contributed by atoms with Gasteiger partial charge in [0.05, 0.1) is 13.5 Å². The molecule has 1 atom stereocenters. The topological polar surface area (TPSA) is 58.6 Å². The summed E-state index contributed by atoms with van der Waals surface area (Å²) in [6, 6.07) is 26.7. The molecular weight excluding hydrogens is 484 g/mol. The van der Waals surface area contributed by atoms with Crippen LogP contribution < -0.4 is 5.32 Å². The number of benzene rings is 3. The minimum absolute atomic E-state index is 0.00366. The van der Waals surface area contributed by atoms with E-state index in [0.717, 1.165) is 68.4 Å². The lowest BCUT2D eigenvalue weighted by Crippen LogP contribution is -2.45. The number of nitrogens with one attached hydrogen (secondary N) is 1. The molecule has 1 aliphatic heterocycles. The van der Waals surface area contributed by atoms with E-state index in [1.54, 1.807) is 0 Å². The summed E-state index contributed by atoms with van der Waals surface area (Å²) in [6.07, 6.45) is 5.14. The Hall–Kier alpha value is -3.44. The van der Waals surface area contributed by atoms with Crippen LogP contribution >= 0.6 is 0 Å². The van der Waals surface area contributed by atoms with Crippen molar-refractivity contribution in [2.75, 3.05) is 26.7 Å². The standard InChI is InChI=1S/C34H42N2O3/c1-4-34(25-32(37)39-3,28-14-6-5-7-15-28)20-11-21-36-22-18-29(19-23-36)35-33(38)31-17-9-8-16-30(31)27-13-10-12-26(2)24-27/h5-10,12-17,24,29H,4,11,18-23,25H2,1-3H3,(H,35,38). The normalized spacial score (nSPS) is 15.9. The Morgan fingerprint density at radius 3 is 2.38 bits per heavy atom. The van der Waals surface area contributed by atoms with Gasteiger partial charge >= 0.3 is 5.97 Å². The highest BCUT2D eigenvalue weighted by Crippen LogP contribution is 2.37. The molecule has 1 aliphatic rings. The molecule has 5 nitrogen and oxygen atoms in total. The van der Waals surface area contributed by atoms with E-state index in [1.807, 2.05) is 36.4 Å². The third-order valence-electron chi connectivity index (χ3n) is 8.33. The average Bonchev–Trinajstić information content (AvgIpc) is 2.98. The molecule has 1 heterocycles. The largest absolute Gasteiger partial charge is 0.469 e. The van der Waals surface area contributed by atoms with E-state index < -0.39 is 0 Å². The smallest absolute Gasteiger partial charge is 0.306 e. The maximum Gasteiger partial charge on any atom is 0.306 e. The fraction of sp³-hybridized carbons (Fsp3) is 0.412. The lowest BCUT2D eigenvalue weighted by Gasteiger charge is -2.35. The number of carbonyl (C=O) groups excluding carboxylic acids is 2. The van der Waals surface area contributed by atoms with Crippen molar-refractivity contribution in [2.45, 2.75) is 63.8 Å². The van der Waals surface area contributed by atoms with Crippen molar-refractivity contribution in [3.63, 3.8) is 0 Å². The zero-order chi connectivity index (χ0) is 27.7. The molecule has 1 saturated heterocycles. The van der Waals surface area contributed by atoms with Gasteiger partial charge < -0.3 is 15.0 Å². The molecule has 3 aromatic rings. The van der Waals surface area contributed by atoms with Gasteiger partial charge in [-0.3, -0.25) is 9.59 Å². The van der Waals surface area contributed by atoms with Gasteiger partial charge in [-0.05, 0) is 68.3 Å². The Morgan fingerprint density at radius 1 is 0.974 bits per heavy atom. The Kier molecular flexibility index (Phi) is 9.94. The predicted octanol–water partition coefficient (Wildman–Crippen LogP) is 6.55. The third kappa shape index (κ3) is 7.36. The molecule has 3 aromatic carbocycles. The molecule has 4 rings (SSSR count). The van der Waals surface area contributed by atoms with E-state index >= 15 is 0 Å². The average molecular weight is 527 g/mol. The van der Waals surface area contributed by atoms with Crippen molar-refractivity contribution in [1.82, 2.24) is 10.2 Å². The molecule has 0 radical (unpaired) electrons. The van der Waals surface area contributed by atoms with Gasteiger partial charge in [0.15, 0.2) is 0 Å². The third-order valence-corrected chi connectivity index (χ3v) is 8.33. The second kappa shape index (κ2) is 13.6. The van der Waals surface area contributed by atoms with Gasteiger partial charge in [0.2, 0.25) is 0 Å². The first kappa shape index (κ1) is 28.6. The number of piperidine rings is 1. The Labute approximate surface area is 233 Å². The van der Waals surface area contributed by atoms with E-state index in [1.165, 1.54) is 18.2 Å². The molecule has 5 heteroatoms. The van der Waals surface area contributed by atoms with Crippen molar-refractivity contribution in [1.29, 1.82) is 0 Å². The van der Waals surface area contributed by atoms with Gasteiger partial charge in [0, 0.05) is 30.1 Å². The van der Waals surface area contributed by atoms with Crippen LogP contribution in [0.25, 0.3) is 11.1 Å². The van der Waals surface area contributed by atoms with Gasteiger partial charge in [-0.2, -0.15) is 0 Å². The number of rotatable bonds is 11. The van der Waals surface area contributed by atoms with Crippen LogP contribution in [0, 0.1) is 6.92 Å². The van der Waals surface area contributed by atoms with Crippen molar-refractivity contribution in [3.8, 4) is 11.1 Å². The fourth-order valence-electron chi connectivity index (χ4n) is 5.93. The number of methoxy groups -OCH3 is 1. The summed E-state index contributed by atoms with van der Waals surface area (Å²) in [6.45, 7) is 7.16. The molecule has 1 fully saturated rings. The summed E-state index contributed by atoms with van der Waals surface area (Å²) >= 11 is 0. The predicted molar refractivity (Wildman–Crippen MR) is 158 cm³/mol. The molecule has 0 saturated carbocycles. The monoisotopic (exact) mass is 526 g/mol. The number of aryl methyl sites for hydroxylation is 1. The number of hydrogen-bond donors (Lipinski definition) is 1. The Balaban J connectivity index is 1.31. The number of amides is 1. The van der Waals surface area contributed by atoms with Gasteiger partial charge in [-0.25, -0.2) is 0 Å². The van der Waals surface area contributed by atoms with Gasteiger partial charge in [-0.15, -0.1) is 0 Å². The highest BCUT2D eigenvalue weighted by atomic mass is 16.5. The van der Waals surface area contributed by atoms with Crippen LogP contribution in [0.5, 0.6) is 0 Å². The minimum atomic E-state index is -0.203. The summed E-state index contributed by atoms with van der Waals surface area (Å²) in [5.41, 5.74) is 4.96. The van der Waals surface area contributed by atoms with Crippen LogP contribution in [-0.2, 0) is 14.9 Å². The van der Waals surface area contributed by atoms with E-state index in [2.05, 4.69) is 66.5 Å². The van der Waals surface area contributed by atoms with E-state index in [4.69, 9.17) is 4.74 Å². The van der Waals surface area contributed by atoms with Crippen LogP contribution in [0.1, 0.15) is 66.9 Å².